The van der Waals surface area contributed by atoms with Gasteiger partial charge in [-0.05, 0) is 35.2 Å². The molecule has 1 amide bonds. The lowest BCUT2D eigenvalue weighted by atomic mass is 10.3. The minimum absolute atomic E-state index is 0.244. The van der Waals surface area contributed by atoms with Crippen LogP contribution in [0.5, 0.6) is 0 Å². The summed E-state index contributed by atoms with van der Waals surface area (Å²) in [5.74, 6) is 5.61. The van der Waals surface area contributed by atoms with Crippen LogP contribution in [0.25, 0.3) is 0 Å². The summed E-state index contributed by atoms with van der Waals surface area (Å²) in [6, 6.07) is 9.58. The highest BCUT2D eigenvalue weighted by molar-refractivity contribution is 7.98. The molecule has 0 aliphatic rings. The van der Waals surface area contributed by atoms with Gasteiger partial charge in [-0.25, -0.2) is 5.84 Å². The molecule has 0 aliphatic carbocycles. The van der Waals surface area contributed by atoms with Crippen LogP contribution in [0.1, 0.15) is 15.2 Å². The topological polar surface area (TPSA) is 55.1 Å². The van der Waals surface area contributed by atoms with Crippen molar-refractivity contribution >= 4 is 40.6 Å². The van der Waals surface area contributed by atoms with E-state index < -0.39 is 0 Å². The number of nitrogens with one attached hydrogen (secondary N) is 1. The Morgan fingerprint density at radius 2 is 2.28 bits per heavy atom. The van der Waals surface area contributed by atoms with Crippen molar-refractivity contribution in [3.63, 3.8) is 0 Å². The van der Waals surface area contributed by atoms with Gasteiger partial charge in [0.1, 0.15) is 0 Å². The fraction of sp³-hybridized carbons (Fsp3) is 0.0833. The van der Waals surface area contributed by atoms with Crippen LogP contribution >= 0.6 is 34.7 Å². The molecular formula is C12H11ClN2OS2. The van der Waals surface area contributed by atoms with Crippen molar-refractivity contribution in [3.8, 4) is 0 Å². The monoisotopic (exact) mass is 298 g/mol. The molecule has 0 saturated carbocycles. The Balaban J connectivity index is 2.07. The van der Waals surface area contributed by atoms with Gasteiger partial charge in [-0.1, -0.05) is 17.7 Å². The molecule has 1 heterocycles. The quantitative estimate of drug-likeness (QED) is 0.394. The third kappa shape index (κ3) is 3.26. The first-order valence-electron chi connectivity index (χ1n) is 5.16. The van der Waals surface area contributed by atoms with Crippen molar-refractivity contribution in [2.45, 2.75) is 10.6 Å². The van der Waals surface area contributed by atoms with E-state index in [4.69, 9.17) is 17.4 Å². The highest BCUT2D eigenvalue weighted by Crippen LogP contribution is 2.28. The normalized spacial score (nSPS) is 10.3. The van der Waals surface area contributed by atoms with Crippen LogP contribution in [0.4, 0.5) is 0 Å². The molecule has 3 nitrogen and oxygen atoms in total. The van der Waals surface area contributed by atoms with Gasteiger partial charge in [0.25, 0.3) is 5.91 Å². The van der Waals surface area contributed by atoms with Crippen molar-refractivity contribution in [2.24, 2.45) is 5.84 Å². The maximum Gasteiger partial charge on any atom is 0.275 e. The highest BCUT2D eigenvalue weighted by Gasteiger charge is 2.11. The van der Waals surface area contributed by atoms with Crippen LogP contribution in [-0.2, 0) is 5.75 Å². The Morgan fingerprint density at radius 1 is 1.44 bits per heavy atom. The van der Waals surface area contributed by atoms with E-state index in [1.807, 2.05) is 35.7 Å². The first-order valence-corrected chi connectivity index (χ1v) is 7.40. The molecule has 6 heteroatoms. The molecule has 0 fully saturated rings. The molecule has 0 unspecified atom stereocenters. The van der Waals surface area contributed by atoms with Gasteiger partial charge in [0, 0.05) is 15.7 Å². The second kappa shape index (κ2) is 6.24. The number of nitrogens with two attached hydrogens (primary N) is 1. The van der Waals surface area contributed by atoms with Gasteiger partial charge in [0.05, 0.1) is 4.88 Å². The number of nitrogen functional groups attached to an aromatic ring is 1. The molecule has 18 heavy (non-hydrogen) atoms. The largest absolute Gasteiger partial charge is 0.289 e. The van der Waals surface area contributed by atoms with Crippen LogP contribution in [-0.4, -0.2) is 5.91 Å². The SMILES string of the molecule is NNC(=O)c1sccc1CSc1cccc(Cl)c1. The molecule has 0 radical (unpaired) electrons. The van der Waals surface area contributed by atoms with E-state index in [2.05, 4.69) is 5.43 Å². The average Bonchev–Trinajstić information content (AvgIpc) is 2.84. The molecule has 0 spiro atoms. The molecule has 1 aromatic heterocycles. The van der Waals surface area contributed by atoms with E-state index >= 15 is 0 Å². The molecule has 0 saturated heterocycles. The summed E-state index contributed by atoms with van der Waals surface area (Å²) in [6.45, 7) is 0. The molecule has 0 atom stereocenters. The average molecular weight is 299 g/mol. The Morgan fingerprint density at radius 3 is 3.00 bits per heavy atom. The van der Waals surface area contributed by atoms with E-state index in [0.29, 0.717) is 15.7 Å². The number of hydrazine groups is 1. The molecule has 2 aromatic rings. The summed E-state index contributed by atoms with van der Waals surface area (Å²) >= 11 is 8.94. The fourth-order valence-electron chi connectivity index (χ4n) is 1.43. The van der Waals surface area contributed by atoms with Crippen LogP contribution in [0.3, 0.4) is 0 Å². The van der Waals surface area contributed by atoms with Crippen molar-refractivity contribution in [1.82, 2.24) is 5.43 Å². The summed E-state index contributed by atoms with van der Waals surface area (Å²) in [5, 5.41) is 2.60. The van der Waals surface area contributed by atoms with E-state index in [1.54, 1.807) is 11.8 Å². The first kappa shape index (κ1) is 13.4. The zero-order chi connectivity index (χ0) is 13.0. The number of hydrogen-bond acceptors (Lipinski definition) is 4. The van der Waals surface area contributed by atoms with Crippen LogP contribution in [0, 0.1) is 0 Å². The third-order valence-electron chi connectivity index (χ3n) is 2.27. The van der Waals surface area contributed by atoms with E-state index in [9.17, 15) is 4.79 Å². The van der Waals surface area contributed by atoms with Crippen LogP contribution in [0.15, 0.2) is 40.6 Å². The summed E-state index contributed by atoms with van der Waals surface area (Å²) in [7, 11) is 0. The summed E-state index contributed by atoms with van der Waals surface area (Å²) in [5.41, 5.74) is 3.14. The molecular weight excluding hydrogens is 288 g/mol. The van der Waals surface area contributed by atoms with Crippen LogP contribution < -0.4 is 11.3 Å². The smallest absolute Gasteiger partial charge is 0.275 e. The molecule has 3 N–H and O–H groups in total. The number of benzene rings is 1. The maximum atomic E-state index is 11.5. The zero-order valence-electron chi connectivity index (χ0n) is 9.35. The molecule has 2 rings (SSSR count). The summed E-state index contributed by atoms with van der Waals surface area (Å²) in [6.07, 6.45) is 0. The Labute approximate surface area is 118 Å². The molecule has 0 bridgehead atoms. The summed E-state index contributed by atoms with van der Waals surface area (Å²) in [4.78, 5) is 13.2. The summed E-state index contributed by atoms with van der Waals surface area (Å²) < 4.78 is 0. The van der Waals surface area contributed by atoms with Gasteiger partial charge in [0.2, 0.25) is 0 Å². The Hall–Kier alpha value is -1.01. The number of carbonyl (C=O) groups excluding carboxylic acids is 1. The number of amides is 1. The lowest BCUT2D eigenvalue weighted by Crippen LogP contribution is -2.29. The standard InChI is InChI=1S/C12H11ClN2OS2/c13-9-2-1-3-10(6-9)18-7-8-4-5-17-11(8)12(16)15-14/h1-6H,7,14H2,(H,15,16). The highest BCUT2D eigenvalue weighted by atomic mass is 35.5. The zero-order valence-corrected chi connectivity index (χ0v) is 11.7. The lowest BCUT2D eigenvalue weighted by molar-refractivity contribution is 0.0957. The van der Waals surface area contributed by atoms with Crippen molar-refractivity contribution in [3.05, 3.63) is 51.2 Å². The van der Waals surface area contributed by atoms with Crippen LogP contribution in [0.2, 0.25) is 5.02 Å². The van der Waals surface area contributed by atoms with Gasteiger partial charge in [-0.2, -0.15) is 0 Å². The number of thioether (sulfide) groups is 1. The van der Waals surface area contributed by atoms with Gasteiger partial charge >= 0.3 is 0 Å². The molecule has 94 valence electrons. The molecule has 1 aromatic carbocycles. The van der Waals surface area contributed by atoms with Gasteiger partial charge in [-0.3, -0.25) is 10.2 Å². The van der Waals surface area contributed by atoms with Crippen molar-refractivity contribution < 1.29 is 4.79 Å². The predicted molar refractivity (Wildman–Crippen MR) is 77.0 cm³/mol. The predicted octanol–water partition coefficient (Wildman–Crippen LogP) is 3.30. The maximum absolute atomic E-state index is 11.5. The van der Waals surface area contributed by atoms with Crippen molar-refractivity contribution in [1.29, 1.82) is 0 Å². The van der Waals surface area contributed by atoms with Gasteiger partial charge in [-0.15, -0.1) is 23.1 Å². The second-order valence-corrected chi connectivity index (χ2v) is 5.90. The number of carbonyl (C=O) groups is 1. The molecule has 0 aliphatic heterocycles. The first-order chi connectivity index (χ1) is 8.70. The Kier molecular flexibility index (Phi) is 4.66. The van der Waals surface area contributed by atoms with E-state index in [1.165, 1.54) is 11.3 Å². The number of hydrogen-bond donors (Lipinski definition) is 2. The van der Waals surface area contributed by atoms with Gasteiger partial charge < -0.3 is 0 Å². The lowest BCUT2D eigenvalue weighted by Gasteiger charge is -2.03. The second-order valence-electron chi connectivity index (χ2n) is 3.49. The van der Waals surface area contributed by atoms with Crippen molar-refractivity contribution in [2.75, 3.05) is 0 Å². The van der Waals surface area contributed by atoms with E-state index in [0.717, 1.165) is 10.5 Å². The number of rotatable bonds is 4. The fourth-order valence-corrected chi connectivity index (χ4v) is 3.55. The Bertz CT molecular complexity index is 557. The number of thiophene rings is 1. The third-order valence-corrected chi connectivity index (χ3v) is 4.51. The van der Waals surface area contributed by atoms with Gasteiger partial charge in [0.15, 0.2) is 0 Å². The van der Waals surface area contributed by atoms with E-state index in [-0.39, 0.29) is 5.91 Å². The number of halogens is 1. The minimum Gasteiger partial charge on any atom is -0.289 e. The minimum atomic E-state index is -0.244.